The number of anilines is 1. The summed E-state index contributed by atoms with van der Waals surface area (Å²) in [4.78, 5) is 0. The number of methoxy groups -OCH3 is 1. The van der Waals surface area contributed by atoms with Crippen LogP contribution in [0.5, 0.6) is 0 Å². The summed E-state index contributed by atoms with van der Waals surface area (Å²) in [6.45, 7) is 3.30. The fourth-order valence-corrected chi connectivity index (χ4v) is 1.10. The SMILES string of the molecule is COCCn1cccc(N)ccc(C)n1. The van der Waals surface area contributed by atoms with E-state index in [0.29, 0.717) is 6.61 Å². The predicted molar refractivity (Wildman–Crippen MR) is 60.9 cm³/mol. The molecule has 0 bridgehead atoms. The van der Waals surface area contributed by atoms with Crippen molar-refractivity contribution in [3.8, 4) is 0 Å². The number of nitrogens with zero attached hydrogens (tertiary/aromatic N) is 2. The predicted octanol–water partition coefficient (Wildman–Crippen LogP) is 1.54. The number of aromatic nitrogens is 2. The Kier molecular flexibility index (Phi) is 4.63. The highest BCUT2D eigenvalue weighted by Crippen LogP contribution is 1.96. The second-order valence-electron chi connectivity index (χ2n) is 3.24. The van der Waals surface area contributed by atoms with Crippen LogP contribution in [0.25, 0.3) is 0 Å². The molecule has 0 radical (unpaired) electrons. The summed E-state index contributed by atoms with van der Waals surface area (Å²) in [5, 5.41) is 4.38. The fourth-order valence-electron chi connectivity index (χ4n) is 1.10. The van der Waals surface area contributed by atoms with Crippen LogP contribution < -0.4 is 5.73 Å². The first-order chi connectivity index (χ1) is 7.22. The quantitative estimate of drug-likeness (QED) is 0.818. The van der Waals surface area contributed by atoms with Crippen LogP contribution >= 0.6 is 0 Å². The summed E-state index contributed by atoms with van der Waals surface area (Å²) in [6.07, 6.45) is 1.88. The zero-order chi connectivity index (χ0) is 11.1. The van der Waals surface area contributed by atoms with E-state index in [1.54, 1.807) is 7.11 Å². The molecule has 0 saturated carbocycles. The summed E-state index contributed by atoms with van der Waals surface area (Å²) in [6, 6.07) is 7.43. The number of nitrogen functional groups attached to an aromatic ring is 1. The Hall–Kier alpha value is -1.55. The van der Waals surface area contributed by atoms with Gasteiger partial charge in [0.05, 0.1) is 18.8 Å². The molecule has 4 heteroatoms. The van der Waals surface area contributed by atoms with Crippen LogP contribution in [0.15, 0.2) is 30.5 Å². The Morgan fingerprint density at radius 1 is 1.40 bits per heavy atom. The summed E-state index contributed by atoms with van der Waals surface area (Å²) in [5.41, 5.74) is 7.33. The number of rotatable bonds is 3. The Morgan fingerprint density at radius 3 is 2.93 bits per heavy atom. The Bertz CT molecular complexity index is 359. The first-order valence-corrected chi connectivity index (χ1v) is 4.85. The molecule has 0 aliphatic rings. The molecule has 0 saturated heterocycles. The first kappa shape index (κ1) is 11.5. The van der Waals surface area contributed by atoms with Crippen LogP contribution in [0, 0.1) is 6.92 Å². The molecule has 0 aliphatic carbocycles. The fraction of sp³-hybridized carbons (Fsp3) is 0.364. The molecule has 0 amide bonds. The lowest BCUT2D eigenvalue weighted by Gasteiger charge is -2.01. The van der Waals surface area contributed by atoms with Gasteiger partial charge < -0.3 is 10.5 Å². The van der Waals surface area contributed by atoms with Gasteiger partial charge in [-0.05, 0) is 31.2 Å². The van der Waals surface area contributed by atoms with Crippen molar-refractivity contribution in [2.45, 2.75) is 13.5 Å². The molecule has 0 fully saturated rings. The topological polar surface area (TPSA) is 53.1 Å². The molecule has 0 aliphatic heterocycles. The lowest BCUT2D eigenvalue weighted by atomic mass is 10.4. The first-order valence-electron chi connectivity index (χ1n) is 4.85. The van der Waals surface area contributed by atoms with Gasteiger partial charge in [-0.3, -0.25) is 4.68 Å². The maximum atomic E-state index is 5.71. The number of hydrogen-bond donors (Lipinski definition) is 1. The second-order valence-corrected chi connectivity index (χ2v) is 3.24. The van der Waals surface area contributed by atoms with Gasteiger partial charge in [-0.1, -0.05) is 0 Å². The van der Waals surface area contributed by atoms with Crippen LogP contribution in [-0.2, 0) is 11.3 Å². The second kappa shape index (κ2) is 6.03. The van der Waals surface area contributed by atoms with Gasteiger partial charge >= 0.3 is 0 Å². The highest BCUT2D eigenvalue weighted by Gasteiger charge is 1.88. The third-order valence-corrected chi connectivity index (χ3v) is 1.87. The van der Waals surface area contributed by atoms with Gasteiger partial charge in [0.15, 0.2) is 0 Å². The molecule has 2 N–H and O–H groups in total. The van der Waals surface area contributed by atoms with Crippen molar-refractivity contribution in [3.05, 3.63) is 36.2 Å². The van der Waals surface area contributed by atoms with Crippen molar-refractivity contribution in [2.75, 3.05) is 19.5 Å². The Labute approximate surface area is 90.0 Å². The van der Waals surface area contributed by atoms with E-state index in [0.717, 1.165) is 17.9 Å². The Morgan fingerprint density at radius 2 is 2.20 bits per heavy atom. The molecule has 4 nitrogen and oxygen atoms in total. The molecule has 1 aromatic rings. The van der Waals surface area contributed by atoms with E-state index < -0.39 is 0 Å². The molecule has 1 aromatic heterocycles. The molecule has 1 rings (SSSR count). The number of ether oxygens (including phenoxy) is 1. The summed E-state index contributed by atoms with van der Waals surface area (Å²) in [7, 11) is 1.67. The maximum absolute atomic E-state index is 5.71. The largest absolute Gasteiger partial charge is 0.399 e. The van der Waals surface area contributed by atoms with E-state index in [-0.39, 0.29) is 0 Å². The van der Waals surface area contributed by atoms with Gasteiger partial charge in [0, 0.05) is 19.0 Å². The van der Waals surface area contributed by atoms with E-state index in [9.17, 15) is 0 Å². The van der Waals surface area contributed by atoms with Crippen molar-refractivity contribution in [1.29, 1.82) is 0 Å². The number of nitrogens with two attached hydrogens (primary N) is 1. The molecule has 15 heavy (non-hydrogen) atoms. The molecule has 1 heterocycles. The molecule has 0 atom stereocenters. The van der Waals surface area contributed by atoms with Gasteiger partial charge in [0.1, 0.15) is 0 Å². The molecule has 0 aromatic carbocycles. The van der Waals surface area contributed by atoms with E-state index in [1.807, 2.05) is 42.1 Å². The van der Waals surface area contributed by atoms with E-state index >= 15 is 0 Å². The average molecular weight is 207 g/mol. The summed E-state index contributed by atoms with van der Waals surface area (Å²) < 4.78 is 6.83. The average Bonchev–Trinajstić information content (AvgIpc) is 2.28. The van der Waals surface area contributed by atoms with Crippen molar-refractivity contribution in [3.63, 3.8) is 0 Å². The normalized spacial score (nSPS) is 9.73. The van der Waals surface area contributed by atoms with Gasteiger partial charge in [0.2, 0.25) is 0 Å². The highest BCUT2D eigenvalue weighted by atomic mass is 16.5. The standard InChI is InChI=1S/C11H17N3O/c1-10-5-6-11(12)4-3-7-14(13-10)8-9-15-2/h3-7H,8-9,12H2,1-2H3. The van der Waals surface area contributed by atoms with Crippen LogP contribution in [0.4, 0.5) is 5.69 Å². The van der Waals surface area contributed by atoms with Gasteiger partial charge in [-0.15, -0.1) is 0 Å². The number of hydrogen-bond acceptors (Lipinski definition) is 3. The third-order valence-electron chi connectivity index (χ3n) is 1.87. The molecular formula is C11H17N3O. The van der Waals surface area contributed by atoms with Crippen LogP contribution in [0.2, 0.25) is 0 Å². The van der Waals surface area contributed by atoms with E-state index in [2.05, 4.69) is 5.10 Å². The molecular weight excluding hydrogens is 190 g/mol. The van der Waals surface area contributed by atoms with Crippen molar-refractivity contribution >= 4 is 5.69 Å². The van der Waals surface area contributed by atoms with Gasteiger partial charge in [0.25, 0.3) is 0 Å². The maximum Gasteiger partial charge on any atom is 0.0658 e. The minimum absolute atomic E-state index is 0.643. The van der Waals surface area contributed by atoms with Crippen molar-refractivity contribution in [1.82, 2.24) is 9.78 Å². The molecule has 0 spiro atoms. The molecule has 82 valence electrons. The monoisotopic (exact) mass is 207 g/mol. The summed E-state index contributed by atoms with van der Waals surface area (Å²) in [5.74, 6) is 0. The van der Waals surface area contributed by atoms with Crippen molar-refractivity contribution < 1.29 is 4.74 Å². The molecule has 0 unspecified atom stereocenters. The highest BCUT2D eigenvalue weighted by molar-refractivity contribution is 5.34. The number of aryl methyl sites for hydroxylation is 1. The van der Waals surface area contributed by atoms with Crippen molar-refractivity contribution in [2.24, 2.45) is 0 Å². The lowest BCUT2D eigenvalue weighted by Crippen LogP contribution is -2.06. The zero-order valence-electron chi connectivity index (χ0n) is 9.18. The third kappa shape index (κ3) is 4.46. The van der Waals surface area contributed by atoms with Crippen LogP contribution in [0.3, 0.4) is 0 Å². The smallest absolute Gasteiger partial charge is 0.0658 e. The van der Waals surface area contributed by atoms with Gasteiger partial charge in [-0.2, -0.15) is 5.10 Å². The summed E-state index contributed by atoms with van der Waals surface area (Å²) >= 11 is 0. The van der Waals surface area contributed by atoms with E-state index in [4.69, 9.17) is 10.5 Å². The zero-order valence-corrected chi connectivity index (χ0v) is 9.18. The van der Waals surface area contributed by atoms with Crippen LogP contribution in [-0.4, -0.2) is 23.5 Å². The lowest BCUT2D eigenvalue weighted by molar-refractivity contribution is 0.183. The Balaban J connectivity index is 3.03. The van der Waals surface area contributed by atoms with Gasteiger partial charge in [-0.25, -0.2) is 0 Å². The minimum Gasteiger partial charge on any atom is -0.399 e. The van der Waals surface area contributed by atoms with Crippen LogP contribution in [0.1, 0.15) is 5.69 Å². The van der Waals surface area contributed by atoms with E-state index in [1.165, 1.54) is 0 Å². The minimum atomic E-state index is 0.643.